The van der Waals surface area contributed by atoms with Crippen LogP contribution in [0.4, 0.5) is 0 Å². The van der Waals surface area contributed by atoms with Crippen molar-refractivity contribution >= 4 is 17.7 Å². The molecule has 0 saturated carbocycles. The second kappa shape index (κ2) is 2.77. The molecule has 0 aromatic rings. The Morgan fingerprint density at radius 3 is 3.11 bits per heavy atom. The Balaban J connectivity index is 2.22. The van der Waals surface area contributed by atoms with Crippen LogP contribution in [-0.2, 0) is 9.53 Å². The van der Waals surface area contributed by atoms with E-state index in [0.717, 1.165) is 0 Å². The third-order valence-corrected chi connectivity index (χ3v) is 1.73. The maximum atomic E-state index is 10.3. The standard InChI is InChI=1S/C5H7NO2S/c6-4(7)3-5-8-1-2-9-5/h1-2,5H,3H2,(H2,6,7). The number of hydrogen-bond acceptors (Lipinski definition) is 3. The molecule has 0 spiro atoms. The van der Waals surface area contributed by atoms with Gasteiger partial charge in [-0.15, -0.1) is 0 Å². The van der Waals surface area contributed by atoms with E-state index < -0.39 is 0 Å². The van der Waals surface area contributed by atoms with Gasteiger partial charge in [-0.05, 0) is 0 Å². The molecule has 0 fully saturated rings. The van der Waals surface area contributed by atoms with Crippen LogP contribution in [0, 0.1) is 0 Å². The molecule has 1 atom stereocenters. The highest BCUT2D eigenvalue weighted by molar-refractivity contribution is 8.02. The molecular formula is C5H7NO2S. The first-order valence-corrected chi connectivity index (χ1v) is 3.47. The van der Waals surface area contributed by atoms with Crippen molar-refractivity contribution in [3.05, 3.63) is 11.7 Å². The van der Waals surface area contributed by atoms with Gasteiger partial charge in [-0.3, -0.25) is 4.79 Å². The highest BCUT2D eigenvalue weighted by Gasteiger charge is 2.13. The second-order valence-electron chi connectivity index (χ2n) is 1.64. The summed E-state index contributed by atoms with van der Waals surface area (Å²) in [6.45, 7) is 0. The molecule has 1 aliphatic heterocycles. The molecule has 0 radical (unpaired) electrons. The minimum atomic E-state index is -0.323. The van der Waals surface area contributed by atoms with E-state index in [1.54, 1.807) is 11.7 Å². The van der Waals surface area contributed by atoms with Crippen molar-refractivity contribution in [3.63, 3.8) is 0 Å². The summed E-state index contributed by atoms with van der Waals surface area (Å²) in [4.78, 5) is 10.3. The molecule has 0 aromatic heterocycles. The second-order valence-corrected chi connectivity index (χ2v) is 2.71. The molecule has 0 bridgehead atoms. The summed E-state index contributed by atoms with van der Waals surface area (Å²) in [6, 6.07) is 0. The van der Waals surface area contributed by atoms with E-state index in [9.17, 15) is 4.79 Å². The number of thioether (sulfide) groups is 1. The van der Waals surface area contributed by atoms with Gasteiger partial charge < -0.3 is 10.5 Å². The van der Waals surface area contributed by atoms with E-state index in [1.807, 2.05) is 0 Å². The number of ether oxygens (including phenoxy) is 1. The zero-order valence-electron chi connectivity index (χ0n) is 4.74. The summed E-state index contributed by atoms with van der Waals surface area (Å²) in [5, 5.41) is 1.80. The fourth-order valence-corrected chi connectivity index (χ4v) is 1.22. The molecule has 1 aliphatic rings. The lowest BCUT2D eigenvalue weighted by atomic mass is 10.4. The molecule has 3 nitrogen and oxygen atoms in total. The number of nitrogens with two attached hydrogens (primary N) is 1. The zero-order valence-corrected chi connectivity index (χ0v) is 5.56. The minimum absolute atomic E-state index is 0.0810. The maximum Gasteiger partial charge on any atom is 0.222 e. The number of rotatable bonds is 2. The van der Waals surface area contributed by atoms with Gasteiger partial charge in [0.15, 0.2) is 5.44 Å². The predicted molar refractivity (Wildman–Crippen MR) is 35.4 cm³/mol. The molecule has 1 unspecified atom stereocenters. The van der Waals surface area contributed by atoms with Crippen LogP contribution in [0.25, 0.3) is 0 Å². The lowest BCUT2D eigenvalue weighted by Gasteiger charge is -2.04. The van der Waals surface area contributed by atoms with Gasteiger partial charge in [0.1, 0.15) is 0 Å². The summed E-state index contributed by atoms with van der Waals surface area (Å²) < 4.78 is 4.95. The molecule has 1 amide bonds. The van der Waals surface area contributed by atoms with Crippen molar-refractivity contribution < 1.29 is 9.53 Å². The monoisotopic (exact) mass is 145 g/mol. The van der Waals surface area contributed by atoms with Gasteiger partial charge in [0.05, 0.1) is 12.7 Å². The van der Waals surface area contributed by atoms with Crippen LogP contribution < -0.4 is 5.73 Å². The number of carbonyl (C=O) groups is 1. The normalized spacial score (nSPS) is 23.8. The lowest BCUT2D eigenvalue weighted by Crippen LogP contribution is -2.17. The Kier molecular flexibility index (Phi) is 2.00. The molecular weight excluding hydrogens is 138 g/mol. The smallest absolute Gasteiger partial charge is 0.222 e. The summed E-state index contributed by atoms with van der Waals surface area (Å²) in [6.07, 6.45) is 1.86. The Morgan fingerprint density at radius 2 is 2.67 bits per heavy atom. The van der Waals surface area contributed by atoms with E-state index >= 15 is 0 Å². The SMILES string of the molecule is NC(=O)CC1OC=CS1. The summed E-state index contributed by atoms with van der Waals surface area (Å²) >= 11 is 1.47. The summed E-state index contributed by atoms with van der Waals surface area (Å²) in [5.74, 6) is -0.323. The Labute approximate surface area is 57.2 Å². The van der Waals surface area contributed by atoms with E-state index in [0.29, 0.717) is 0 Å². The fraction of sp³-hybridized carbons (Fsp3) is 0.400. The Bertz CT molecular complexity index is 138. The van der Waals surface area contributed by atoms with Gasteiger partial charge in [0.2, 0.25) is 5.91 Å². The van der Waals surface area contributed by atoms with E-state index in [2.05, 4.69) is 0 Å². The van der Waals surface area contributed by atoms with E-state index in [-0.39, 0.29) is 17.8 Å². The topological polar surface area (TPSA) is 52.3 Å². The quantitative estimate of drug-likeness (QED) is 0.612. The first-order valence-electron chi connectivity index (χ1n) is 2.53. The first-order chi connectivity index (χ1) is 4.29. The molecule has 2 N–H and O–H groups in total. The van der Waals surface area contributed by atoms with Crippen molar-refractivity contribution in [2.24, 2.45) is 5.73 Å². The van der Waals surface area contributed by atoms with Crippen LogP contribution in [0.15, 0.2) is 11.7 Å². The van der Waals surface area contributed by atoms with Crippen molar-refractivity contribution in [1.29, 1.82) is 0 Å². The van der Waals surface area contributed by atoms with E-state index in [4.69, 9.17) is 10.5 Å². The third kappa shape index (κ3) is 1.97. The molecule has 4 heteroatoms. The van der Waals surface area contributed by atoms with Crippen LogP contribution in [0.5, 0.6) is 0 Å². The van der Waals surface area contributed by atoms with Crippen LogP contribution >= 0.6 is 11.8 Å². The molecule has 0 aliphatic carbocycles. The molecule has 9 heavy (non-hydrogen) atoms. The number of primary amides is 1. The average molecular weight is 145 g/mol. The summed E-state index contributed by atoms with van der Waals surface area (Å²) in [7, 11) is 0. The zero-order chi connectivity index (χ0) is 6.69. The highest BCUT2D eigenvalue weighted by Crippen LogP contribution is 2.23. The van der Waals surface area contributed by atoms with Gasteiger partial charge in [0, 0.05) is 5.41 Å². The van der Waals surface area contributed by atoms with Crippen molar-refractivity contribution in [2.45, 2.75) is 11.9 Å². The highest BCUT2D eigenvalue weighted by atomic mass is 32.2. The molecule has 1 rings (SSSR count). The van der Waals surface area contributed by atoms with Crippen molar-refractivity contribution in [2.75, 3.05) is 0 Å². The Morgan fingerprint density at radius 1 is 1.89 bits per heavy atom. The predicted octanol–water partition coefficient (Wildman–Crippen LogP) is 0.422. The van der Waals surface area contributed by atoms with Gasteiger partial charge in [-0.25, -0.2) is 0 Å². The largest absolute Gasteiger partial charge is 0.486 e. The molecule has 0 aromatic carbocycles. The number of amides is 1. The molecule has 50 valence electrons. The molecule has 1 heterocycles. The van der Waals surface area contributed by atoms with Gasteiger partial charge in [-0.2, -0.15) is 0 Å². The maximum absolute atomic E-state index is 10.3. The van der Waals surface area contributed by atoms with Gasteiger partial charge in [0.25, 0.3) is 0 Å². The van der Waals surface area contributed by atoms with Crippen LogP contribution in [0.2, 0.25) is 0 Å². The fourth-order valence-electron chi connectivity index (χ4n) is 0.532. The van der Waals surface area contributed by atoms with Gasteiger partial charge >= 0.3 is 0 Å². The lowest BCUT2D eigenvalue weighted by molar-refractivity contribution is -0.118. The van der Waals surface area contributed by atoms with Crippen LogP contribution in [0.1, 0.15) is 6.42 Å². The summed E-state index contributed by atoms with van der Waals surface area (Å²) in [5.41, 5.74) is 4.83. The molecule has 0 saturated heterocycles. The minimum Gasteiger partial charge on any atom is -0.486 e. The van der Waals surface area contributed by atoms with Crippen molar-refractivity contribution in [3.8, 4) is 0 Å². The number of carbonyl (C=O) groups excluding carboxylic acids is 1. The van der Waals surface area contributed by atoms with Crippen molar-refractivity contribution in [1.82, 2.24) is 0 Å². The number of hydrogen-bond donors (Lipinski definition) is 1. The van der Waals surface area contributed by atoms with Gasteiger partial charge in [-0.1, -0.05) is 11.8 Å². The average Bonchev–Trinajstić information content (AvgIpc) is 2.15. The van der Waals surface area contributed by atoms with Crippen LogP contribution in [-0.4, -0.2) is 11.3 Å². The Hall–Kier alpha value is -0.640. The third-order valence-electron chi connectivity index (χ3n) is 0.884. The first kappa shape index (κ1) is 6.48. The van der Waals surface area contributed by atoms with Crippen LogP contribution in [0.3, 0.4) is 0 Å². The van der Waals surface area contributed by atoms with E-state index in [1.165, 1.54) is 11.8 Å².